The number of pyridine rings is 2. The van der Waals surface area contributed by atoms with Crippen molar-refractivity contribution < 1.29 is 14.3 Å². The van der Waals surface area contributed by atoms with Gasteiger partial charge in [0.15, 0.2) is 11.6 Å². The zero-order chi connectivity index (χ0) is 20.6. The maximum atomic E-state index is 13.4. The number of hydrogen-bond donors (Lipinski definition) is 1. The van der Waals surface area contributed by atoms with E-state index in [0.717, 1.165) is 0 Å². The second-order valence-corrected chi connectivity index (χ2v) is 6.46. The Labute approximate surface area is 161 Å². The number of ether oxygens (including phenoxy) is 1. The van der Waals surface area contributed by atoms with Gasteiger partial charge in [-0.2, -0.15) is 5.10 Å². The van der Waals surface area contributed by atoms with Crippen LogP contribution < -0.4 is 5.56 Å². The topological polar surface area (TPSA) is 107 Å². The Hall–Kier alpha value is -3.29. The van der Waals surface area contributed by atoms with Crippen LogP contribution in [0.2, 0.25) is 0 Å². The normalized spacial score (nSPS) is 11.0. The zero-order valence-corrected chi connectivity index (χ0v) is 16.5. The van der Waals surface area contributed by atoms with Crippen LogP contribution in [0.4, 0.5) is 0 Å². The smallest absolute Gasteiger partial charge is 0.340 e. The van der Waals surface area contributed by atoms with E-state index in [4.69, 9.17) is 4.74 Å². The van der Waals surface area contributed by atoms with E-state index in [2.05, 4.69) is 15.2 Å². The summed E-state index contributed by atoms with van der Waals surface area (Å²) in [5, 5.41) is 7.73. The van der Waals surface area contributed by atoms with E-state index in [1.165, 1.54) is 24.8 Å². The van der Waals surface area contributed by atoms with Gasteiger partial charge >= 0.3 is 5.97 Å². The van der Waals surface area contributed by atoms with E-state index < -0.39 is 5.97 Å². The lowest BCUT2D eigenvalue weighted by atomic mass is 10.0. The summed E-state index contributed by atoms with van der Waals surface area (Å²) in [4.78, 5) is 42.3. The minimum Gasteiger partial charge on any atom is -0.465 e. The fraction of sp³-hybridized carbons (Fsp3) is 0.350. The summed E-state index contributed by atoms with van der Waals surface area (Å²) in [6.45, 7) is 6.94. The Morgan fingerprint density at radius 3 is 2.43 bits per heavy atom. The van der Waals surface area contributed by atoms with Crippen molar-refractivity contribution in [1.29, 1.82) is 0 Å². The number of rotatable bonds is 5. The van der Waals surface area contributed by atoms with Crippen LogP contribution in [0.5, 0.6) is 0 Å². The molecule has 3 heterocycles. The van der Waals surface area contributed by atoms with Crippen LogP contribution in [-0.4, -0.2) is 38.6 Å². The third-order valence-electron chi connectivity index (χ3n) is 4.78. The number of hydrogen-bond acceptors (Lipinski definition) is 6. The molecule has 1 N–H and O–H groups in total. The first kappa shape index (κ1) is 19.5. The molecule has 3 rings (SSSR count). The fourth-order valence-electron chi connectivity index (χ4n) is 3.47. The van der Waals surface area contributed by atoms with Gasteiger partial charge in [-0.3, -0.25) is 24.2 Å². The van der Waals surface area contributed by atoms with Crippen LogP contribution in [0, 0.1) is 6.92 Å². The lowest BCUT2D eigenvalue weighted by Crippen LogP contribution is -2.23. The quantitative estimate of drug-likeness (QED) is 0.537. The van der Waals surface area contributed by atoms with Gasteiger partial charge in [0, 0.05) is 17.3 Å². The molecule has 0 atom stereocenters. The molecule has 0 unspecified atom stereocenters. The number of ketones is 1. The summed E-state index contributed by atoms with van der Waals surface area (Å²) >= 11 is 0. The van der Waals surface area contributed by atoms with Crippen molar-refractivity contribution in [3.8, 4) is 5.82 Å². The third kappa shape index (κ3) is 2.90. The van der Waals surface area contributed by atoms with Gasteiger partial charge in [-0.15, -0.1) is 0 Å². The summed E-state index contributed by atoms with van der Waals surface area (Å²) in [6.07, 6.45) is 2.57. The number of nitrogens with one attached hydrogen (secondary N) is 1. The minimum absolute atomic E-state index is 0.196. The van der Waals surface area contributed by atoms with Gasteiger partial charge < -0.3 is 4.74 Å². The minimum atomic E-state index is -0.533. The maximum absolute atomic E-state index is 13.4. The van der Waals surface area contributed by atoms with Gasteiger partial charge in [0.2, 0.25) is 0 Å². The van der Waals surface area contributed by atoms with Crippen molar-refractivity contribution in [3.05, 3.63) is 50.8 Å². The SMILES string of the molecule is CCc1nc(CC)c2c(=O)n(-c3n[nH]c(C)c3C(C)=O)ccc2c1C(=O)OC. The van der Waals surface area contributed by atoms with E-state index >= 15 is 0 Å². The highest BCUT2D eigenvalue weighted by atomic mass is 16.5. The number of aryl methyl sites for hydroxylation is 3. The van der Waals surface area contributed by atoms with Gasteiger partial charge in [0.25, 0.3) is 5.56 Å². The number of H-pyrrole nitrogens is 1. The number of fused-ring (bicyclic) bond motifs is 1. The van der Waals surface area contributed by atoms with E-state index in [9.17, 15) is 14.4 Å². The molecule has 0 fully saturated rings. The molecule has 0 bridgehead atoms. The van der Waals surface area contributed by atoms with Crippen molar-refractivity contribution in [2.24, 2.45) is 0 Å². The van der Waals surface area contributed by atoms with Gasteiger partial charge in [0.05, 0.1) is 35.0 Å². The fourth-order valence-corrected chi connectivity index (χ4v) is 3.47. The van der Waals surface area contributed by atoms with Crippen LogP contribution in [0.3, 0.4) is 0 Å². The van der Waals surface area contributed by atoms with E-state index in [-0.39, 0.29) is 17.2 Å². The molecule has 0 amide bonds. The predicted molar refractivity (Wildman–Crippen MR) is 104 cm³/mol. The second-order valence-electron chi connectivity index (χ2n) is 6.46. The molecule has 8 nitrogen and oxygen atoms in total. The Bertz CT molecular complexity index is 1160. The first-order chi connectivity index (χ1) is 13.3. The predicted octanol–water partition coefficient (Wildman–Crippen LogP) is 2.53. The molecular formula is C20H22N4O4. The number of carbonyl (C=O) groups excluding carboxylic acids is 2. The Balaban J connectivity index is 2.44. The van der Waals surface area contributed by atoms with E-state index in [1.54, 1.807) is 13.0 Å². The van der Waals surface area contributed by atoms with Crippen LogP contribution in [-0.2, 0) is 17.6 Å². The second kappa shape index (κ2) is 7.38. The number of nitrogens with zero attached hydrogens (tertiary/aromatic N) is 3. The summed E-state index contributed by atoms with van der Waals surface area (Å²) in [7, 11) is 1.30. The highest BCUT2D eigenvalue weighted by Crippen LogP contribution is 2.25. The van der Waals surface area contributed by atoms with Crippen molar-refractivity contribution in [3.63, 3.8) is 0 Å². The van der Waals surface area contributed by atoms with Crippen LogP contribution in [0.1, 0.15) is 58.6 Å². The summed E-state index contributed by atoms with van der Waals surface area (Å²) in [6, 6.07) is 1.68. The maximum Gasteiger partial charge on any atom is 0.340 e. The van der Waals surface area contributed by atoms with Crippen molar-refractivity contribution in [2.45, 2.75) is 40.5 Å². The average Bonchev–Trinajstić information content (AvgIpc) is 3.07. The molecule has 0 aliphatic heterocycles. The first-order valence-corrected chi connectivity index (χ1v) is 9.07. The number of carbonyl (C=O) groups is 2. The molecule has 0 radical (unpaired) electrons. The van der Waals surface area contributed by atoms with Gasteiger partial charge in [0.1, 0.15) is 0 Å². The largest absolute Gasteiger partial charge is 0.465 e. The van der Waals surface area contributed by atoms with Crippen LogP contribution in [0.15, 0.2) is 17.1 Å². The molecule has 3 aromatic heterocycles. The van der Waals surface area contributed by atoms with Crippen molar-refractivity contribution >= 4 is 22.5 Å². The van der Waals surface area contributed by atoms with E-state index in [1.807, 2.05) is 13.8 Å². The highest BCUT2D eigenvalue weighted by molar-refractivity contribution is 6.06. The number of aromatic amines is 1. The molecule has 0 saturated heterocycles. The number of esters is 1. The molecule has 146 valence electrons. The first-order valence-electron chi connectivity index (χ1n) is 9.07. The average molecular weight is 382 g/mol. The van der Waals surface area contributed by atoms with Crippen molar-refractivity contribution in [2.75, 3.05) is 7.11 Å². The lowest BCUT2D eigenvalue weighted by Gasteiger charge is -2.14. The van der Waals surface area contributed by atoms with Crippen molar-refractivity contribution in [1.82, 2.24) is 19.7 Å². The molecule has 0 aromatic carbocycles. The molecule has 0 saturated carbocycles. The Morgan fingerprint density at radius 1 is 1.18 bits per heavy atom. The molecule has 3 aromatic rings. The summed E-state index contributed by atoms with van der Waals surface area (Å²) in [5.74, 6) is -0.494. The van der Waals surface area contributed by atoms with Gasteiger partial charge in [-0.25, -0.2) is 4.79 Å². The standard InChI is InChI=1S/C20H22N4O4/c1-6-13-16-12(17(20(27)28-5)14(7-2)21-13)8-9-24(19(16)26)18-15(11(4)25)10(3)22-23-18/h8-9H,6-7H2,1-5H3,(H,22,23). The summed E-state index contributed by atoms with van der Waals surface area (Å²) in [5.41, 5.74) is 2.03. The van der Waals surface area contributed by atoms with Gasteiger partial charge in [-0.1, -0.05) is 13.8 Å². The lowest BCUT2D eigenvalue weighted by molar-refractivity contribution is 0.0601. The number of Topliss-reactive ketones (excluding diaryl/α,β-unsaturated/α-hetero) is 1. The number of methoxy groups -OCH3 is 1. The van der Waals surface area contributed by atoms with Gasteiger partial charge in [-0.05, 0) is 32.8 Å². The molecule has 0 aliphatic rings. The molecule has 8 heteroatoms. The molecular weight excluding hydrogens is 360 g/mol. The van der Waals surface area contributed by atoms with Crippen LogP contribution >= 0.6 is 0 Å². The molecule has 0 aliphatic carbocycles. The van der Waals surface area contributed by atoms with E-state index in [0.29, 0.717) is 51.8 Å². The molecule has 28 heavy (non-hydrogen) atoms. The highest BCUT2D eigenvalue weighted by Gasteiger charge is 2.23. The van der Waals surface area contributed by atoms with Crippen LogP contribution in [0.25, 0.3) is 16.6 Å². The monoisotopic (exact) mass is 382 g/mol. The Morgan fingerprint density at radius 2 is 1.86 bits per heavy atom. The number of aromatic nitrogens is 4. The molecule has 0 spiro atoms. The third-order valence-corrected chi connectivity index (χ3v) is 4.78. The Kier molecular flexibility index (Phi) is 5.13. The zero-order valence-electron chi connectivity index (χ0n) is 16.5. The summed E-state index contributed by atoms with van der Waals surface area (Å²) < 4.78 is 6.23.